The number of hydrogen-bond acceptors (Lipinski definition) is 3. The Morgan fingerprint density at radius 3 is 2.70 bits per heavy atom. The topological polar surface area (TPSA) is 59.4 Å². The second kappa shape index (κ2) is 6.51. The maximum atomic E-state index is 12.8. The van der Waals surface area contributed by atoms with Gasteiger partial charge in [-0.3, -0.25) is 4.68 Å². The molecule has 128 valence electrons. The van der Waals surface area contributed by atoms with Crippen molar-refractivity contribution in [2.45, 2.75) is 64.1 Å². The lowest BCUT2D eigenvalue weighted by molar-refractivity contribution is 0.0843. The van der Waals surface area contributed by atoms with E-state index in [0.717, 1.165) is 50.0 Å². The van der Waals surface area contributed by atoms with Crippen LogP contribution in [0.1, 0.15) is 55.1 Å². The van der Waals surface area contributed by atoms with Crippen molar-refractivity contribution in [2.75, 3.05) is 13.7 Å². The Hall–Kier alpha value is -1.56. The third-order valence-corrected chi connectivity index (χ3v) is 5.48. The molecule has 2 fully saturated rings. The van der Waals surface area contributed by atoms with Crippen LogP contribution in [-0.4, -0.2) is 46.5 Å². The van der Waals surface area contributed by atoms with Crippen LogP contribution in [0, 0.1) is 13.8 Å². The maximum absolute atomic E-state index is 12.8. The zero-order valence-electron chi connectivity index (χ0n) is 14.6. The van der Waals surface area contributed by atoms with Gasteiger partial charge in [-0.25, -0.2) is 4.79 Å². The minimum Gasteiger partial charge on any atom is -0.379 e. The van der Waals surface area contributed by atoms with Crippen molar-refractivity contribution in [3.8, 4) is 0 Å². The first-order valence-corrected chi connectivity index (χ1v) is 8.63. The molecule has 1 saturated carbocycles. The van der Waals surface area contributed by atoms with Crippen LogP contribution in [0.2, 0.25) is 0 Å². The van der Waals surface area contributed by atoms with E-state index >= 15 is 0 Å². The van der Waals surface area contributed by atoms with Gasteiger partial charge in [0.25, 0.3) is 0 Å². The molecule has 0 aromatic carbocycles. The number of aromatic nitrogens is 2. The number of methoxy groups -OCH3 is 1. The minimum atomic E-state index is 0.0455. The van der Waals surface area contributed by atoms with Crippen LogP contribution in [0.4, 0.5) is 4.79 Å². The first-order valence-electron chi connectivity index (χ1n) is 8.63. The predicted octanol–water partition coefficient (Wildman–Crippen LogP) is 2.45. The number of carbonyl (C=O) groups excluding carboxylic acids is 1. The summed E-state index contributed by atoms with van der Waals surface area (Å²) in [5, 5.41) is 7.72. The average Bonchev–Trinajstić information content (AvgIpc) is 3.20. The Balaban J connectivity index is 1.75. The summed E-state index contributed by atoms with van der Waals surface area (Å²) < 4.78 is 7.41. The average molecular weight is 320 g/mol. The summed E-state index contributed by atoms with van der Waals surface area (Å²) in [4.78, 5) is 14.8. The summed E-state index contributed by atoms with van der Waals surface area (Å²) in [6.07, 6.45) is 5.37. The molecule has 2 amide bonds. The highest BCUT2D eigenvalue weighted by Gasteiger charge is 2.36. The number of rotatable bonds is 3. The lowest BCUT2D eigenvalue weighted by Crippen LogP contribution is -2.47. The lowest BCUT2D eigenvalue weighted by Gasteiger charge is -2.28. The molecule has 0 spiro atoms. The number of likely N-dealkylation sites (tertiary alicyclic amines) is 1. The SMILES string of the molecule is CO[C@@H]1CCC[C@H]1NC(=O)N1CCC[C@H]1c1c(C)nn(C)c1C. The Bertz CT molecular complexity index is 583. The maximum Gasteiger partial charge on any atom is 0.318 e. The molecule has 3 atom stereocenters. The smallest absolute Gasteiger partial charge is 0.318 e. The Labute approximate surface area is 138 Å². The lowest BCUT2D eigenvalue weighted by atomic mass is 10.0. The number of amides is 2. The molecule has 2 heterocycles. The summed E-state index contributed by atoms with van der Waals surface area (Å²) in [5.41, 5.74) is 3.41. The molecule has 1 saturated heterocycles. The minimum absolute atomic E-state index is 0.0455. The molecule has 0 radical (unpaired) electrons. The van der Waals surface area contributed by atoms with E-state index in [1.807, 2.05) is 23.6 Å². The molecule has 3 rings (SSSR count). The zero-order valence-corrected chi connectivity index (χ0v) is 14.6. The van der Waals surface area contributed by atoms with Gasteiger partial charge < -0.3 is 15.0 Å². The van der Waals surface area contributed by atoms with Crippen molar-refractivity contribution < 1.29 is 9.53 Å². The fourth-order valence-electron chi connectivity index (χ4n) is 4.20. The van der Waals surface area contributed by atoms with E-state index in [4.69, 9.17) is 4.74 Å². The Kier molecular flexibility index (Phi) is 4.62. The number of aryl methyl sites for hydroxylation is 2. The number of hydrogen-bond donors (Lipinski definition) is 1. The molecule has 6 nitrogen and oxygen atoms in total. The summed E-state index contributed by atoms with van der Waals surface area (Å²) >= 11 is 0. The standard InChI is InChI=1S/C17H28N4O2/c1-11-16(12(2)20(3)19-11)14-8-6-10-21(14)17(22)18-13-7-5-9-15(13)23-4/h13-15H,5-10H2,1-4H3,(H,18,22)/t13-,14+,15-/m1/s1. The van der Waals surface area contributed by atoms with Crippen LogP contribution >= 0.6 is 0 Å². The predicted molar refractivity (Wildman–Crippen MR) is 88.3 cm³/mol. The van der Waals surface area contributed by atoms with E-state index in [9.17, 15) is 4.79 Å². The number of urea groups is 1. The van der Waals surface area contributed by atoms with Gasteiger partial charge in [0.2, 0.25) is 0 Å². The number of nitrogens with zero attached hydrogens (tertiary/aromatic N) is 3. The van der Waals surface area contributed by atoms with E-state index in [-0.39, 0.29) is 24.2 Å². The van der Waals surface area contributed by atoms with Gasteiger partial charge in [-0.15, -0.1) is 0 Å². The molecule has 2 aliphatic rings. The molecule has 1 N–H and O–H groups in total. The molecule has 1 aromatic rings. The van der Waals surface area contributed by atoms with Gasteiger partial charge in [0.05, 0.1) is 23.9 Å². The molecule has 0 unspecified atom stereocenters. The van der Waals surface area contributed by atoms with Crippen LogP contribution in [0.15, 0.2) is 0 Å². The van der Waals surface area contributed by atoms with Crippen molar-refractivity contribution in [3.05, 3.63) is 17.0 Å². The van der Waals surface area contributed by atoms with Crippen LogP contribution in [0.5, 0.6) is 0 Å². The normalized spacial score (nSPS) is 27.7. The summed E-state index contributed by atoms with van der Waals surface area (Å²) in [5.74, 6) is 0. The zero-order chi connectivity index (χ0) is 16.6. The van der Waals surface area contributed by atoms with Gasteiger partial charge in [-0.05, 0) is 46.0 Å². The molecule has 6 heteroatoms. The van der Waals surface area contributed by atoms with Crippen molar-refractivity contribution in [1.29, 1.82) is 0 Å². The van der Waals surface area contributed by atoms with Gasteiger partial charge in [-0.1, -0.05) is 0 Å². The fraction of sp³-hybridized carbons (Fsp3) is 0.765. The highest BCUT2D eigenvalue weighted by molar-refractivity contribution is 5.75. The second-order valence-electron chi connectivity index (χ2n) is 6.82. The fourth-order valence-corrected chi connectivity index (χ4v) is 4.20. The third-order valence-electron chi connectivity index (χ3n) is 5.48. The van der Waals surface area contributed by atoms with Crippen LogP contribution in [0.25, 0.3) is 0 Å². The van der Waals surface area contributed by atoms with E-state index in [0.29, 0.717) is 0 Å². The van der Waals surface area contributed by atoms with Crippen LogP contribution < -0.4 is 5.32 Å². The van der Waals surface area contributed by atoms with Gasteiger partial charge >= 0.3 is 6.03 Å². The first-order chi connectivity index (χ1) is 11.0. The summed E-state index contributed by atoms with van der Waals surface area (Å²) in [6, 6.07) is 0.333. The Morgan fingerprint density at radius 2 is 2.04 bits per heavy atom. The van der Waals surface area contributed by atoms with Crippen molar-refractivity contribution in [2.24, 2.45) is 7.05 Å². The molecule has 1 aliphatic heterocycles. The largest absolute Gasteiger partial charge is 0.379 e. The van der Waals surface area contributed by atoms with E-state index in [1.165, 1.54) is 5.56 Å². The molecular formula is C17H28N4O2. The van der Waals surface area contributed by atoms with Gasteiger partial charge in [0.15, 0.2) is 0 Å². The molecule has 0 bridgehead atoms. The summed E-state index contributed by atoms with van der Waals surface area (Å²) in [7, 11) is 3.70. The van der Waals surface area contributed by atoms with E-state index in [2.05, 4.69) is 17.3 Å². The molecule has 1 aliphatic carbocycles. The van der Waals surface area contributed by atoms with Crippen molar-refractivity contribution in [1.82, 2.24) is 20.0 Å². The number of carbonyl (C=O) groups is 1. The summed E-state index contributed by atoms with van der Waals surface area (Å²) in [6.45, 7) is 4.94. The third kappa shape index (κ3) is 2.96. The van der Waals surface area contributed by atoms with Gasteiger partial charge in [0, 0.05) is 32.0 Å². The first kappa shape index (κ1) is 16.3. The van der Waals surface area contributed by atoms with Crippen LogP contribution in [-0.2, 0) is 11.8 Å². The molecule has 23 heavy (non-hydrogen) atoms. The number of ether oxygens (including phenoxy) is 1. The highest BCUT2D eigenvalue weighted by atomic mass is 16.5. The quantitative estimate of drug-likeness (QED) is 0.930. The van der Waals surface area contributed by atoms with E-state index in [1.54, 1.807) is 7.11 Å². The monoisotopic (exact) mass is 320 g/mol. The Morgan fingerprint density at radius 1 is 1.26 bits per heavy atom. The van der Waals surface area contributed by atoms with Crippen molar-refractivity contribution >= 4 is 6.03 Å². The molecular weight excluding hydrogens is 292 g/mol. The molecule has 1 aromatic heterocycles. The van der Waals surface area contributed by atoms with Gasteiger partial charge in [0.1, 0.15) is 0 Å². The number of nitrogens with one attached hydrogen (secondary N) is 1. The van der Waals surface area contributed by atoms with Crippen molar-refractivity contribution in [3.63, 3.8) is 0 Å². The van der Waals surface area contributed by atoms with Crippen LogP contribution in [0.3, 0.4) is 0 Å². The van der Waals surface area contributed by atoms with E-state index < -0.39 is 0 Å². The highest BCUT2D eigenvalue weighted by Crippen LogP contribution is 2.35. The van der Waals surface area contributed by atoms with Gasteiger partial charge in [-0.2, -0.15) is 5.10 Å². The second-order valence-corrected chi connectivity index (χ2v) is 6.82.